The molecule has 2 heterocycles. The van der Waals surface area contributed by atoms with Crippen LogP contribution in [0, 0.1) is 0 Å². The highest BCUT2D eigenvalue weighted by Gasteiger charge is 2.47. The van der Waals surface area contributed by atoms with Crippen LogP contribution in [0.5, 0.6) is 0 Å². The highest BCUT2D eigenvalue weighted by atomic mass is 32.1. The quantitative estimate of drug-likeness (QED) is 0.669. The van der Waals surface area contributed by atoms with E-state index in [9.17, 15) is 5.11 Å². The fraction of sp³-hybridized carbons (Fsp3) is 1.00. The molecule has 3 nitrogen and oxygen atoms in total. The van der Waals surface area contributed by atoms with Crippen molar-refractivity contribution in [2.24, 2.45) is 0 Å². The van der Waals surface area contributed by atoms with Crippen LogP contribution in [0.25, 0.3) is 0 Å². The lowest BCUT2D eigenvalue weighted by atomic mass is 10.0. The van der Waals surface area contributed by atoms with Crippen molar-refractivity contribution in [1.82, 2.24) is 9.80 Å². The van der Waals surface area contributed by atoms with Crippen LogP contribution in [0.4, 0.5) is 0 Å². The van der Waals surface area contributed by atoms with Crippen molar-refractivity contribution in [2.45, 2.75) is 37.9 Å². The van der Waals surface area contributed by atoms with Crippen LogP contribution < -0.4 is 0 Å². The Kier molecular flexibility index (Phi) is 2.81. The standard InChI is InChI=1S/C10H20N2OS/c1-10(2,6-13)12-5-8-3-9(12)4-11(8)7-14/h8-9,13-14H,3-7H2,1-2H3. The van der Waals surface area contributed by atoms with Crippen LogP contribution in [0.3, 0.4) is 0 Å². The number of hydrogen-bond acceptors (Lipinski definition) is 4. The summed E-state index contributed by atoms with van der Waals surface area (Å²) in [5, 5.41) is 9.34. The van der Waals surface area contributed by atoms with E-state index in [-0.39, 0.29) is 12.1 Å². The van der Waals surface area contributed by atoms with Gasteiger partial charge in [0, 0.05) is 36.6 Å². The Labute approximate surface area is 91.5 Å². The van der Waals surface area contributed by atoms with Gasteiger partial charge in [-0.2, -0.15) is 12.6 Å². The van der Waals surface area contributed by atoms with E-state index < -0.39 is 0 Å². The molecule has 4 heteroatoms. The van der Waals surface area contributed by atoms with E-state index in [1.165, 1.54) is 6.42 Å². The molecule has 2 saturated heterocycles. The van der Waals surface area contributed by atoms with Crippen molar-refractivity contribution in [2.75, 3.05) is 25.6 Å². The maximum Gasteiger partial charge on any atom is 0.0610 e. The Morgan fingerprint density at radius 2 is 2.07 bits per heavy atom. The van der Waals surface area contributed by atoms with Crippen molar-refractivity contribution in [1.29, 1.82) is 0 Å². The van der Waals surface area contributed by atoms with Gasteiger partial charge in [0.25, 0.3) is 0 Å². The fourth-order valence-electron chi connectivity index (χ4n) is 2.75. The van der Waals surface area contributed by atoms with Gasteiger partial charge in [0.2, 0.25) is 0 Å². The molecule has 0 aromatic heterocycles. The second-order valence-corrected chi connectivity index (χ2v) is 5.36. The topological polar surface area (TPSA) is 26.7 Å². The third kappa shape index (κ3) is 1.58. The zero-order valence-corrected chi connectivity index (χ0v) is 9.87. The number of aliphatic hydroxyl groups is 1. The molecule has 0 spiro atoms. The smallest absolute Gasteiger partial charge is 0.0610 e. The van der Waals surface area contributed by atoms with Gasteiger partial charge < -0.3 is 5.11 Å². The molecular weight excluding hydrogens is 196 g/mol. The molecule has 0 aromatic carbocycles. The molecule has 2 fully saturated rings. The van der Waals surface area contributed by atoms with E-state index in [0.717, 1.165) is 19.0 Å². The molecule has 2 bridgehead atoms. The summed E-state index contributed by atoms with van der Waals surface area (Å²) in [6.45, 7) is 6.71. The van der Waals surface area contributed by atoms with Crippen molar-refractivity contribution in [3.8, 4) is 0 Å². The van der Waals surface area contributed by atoms with Gasteiger partial charge in [-0.3, -0.25) is 9.80 Å². The van der Waals surface area contributed by atoms with Gasteiger partial charge in [0.15, 0.2) is 0 Å². The molecule has 2 aliphatic rings. The number of aliphatic hydroxyl groups excluding tert-OH is 1. The predicted molar refractivity (Wildman–Crippen MR) is 60.6 cm³/mol. The van der Waals surface area contributed by atoms with E-state index >= 15 is 0 Å². The average Bonchev–Trinajstić information content (AvgIpc) is 2.75. The summed E-state index contributed by atoms with van der Waals surface area (Å²) in [6, 6.07) is 1.30. The normalized spacial score (nSPS) is 34.3. The molecular formula is C10H20N2OS. The Balaban J connectivity index is 2.03. The van der Waals surface area contributed by atoms with Crippen LogP contribution >= 0.6 is 12.6 Å². The molecule has 1 N–H and O–H groups in total. The van der Waals surface area contributed by atoms with Crippen molar-refractivity contribution in [3.05, 3.63) is 0 Å². The Morgan fingerprint density at radius 3 is 2.50 bits per heavy atom. The van der Waals surface area contributed by atoms with Crippen LogP contribution in [0.2, 0.25) is 0 Å². The summed E-state index contributed by atoms with van der Waals surface area (Å²) in [5.41, 5.74) is -0.0535. The number of hydrogen-bond donors (Lipinski definition) is 2. The largest absolute Gasteiger partial charge is 0.394 e. The van der Waals surface area contributed by atoms with Gasteiger partial charge in [-0.15, -0.1) is 0 Å². The lowest BCUT2D eigenvalue weighted by molar-refractivity contribution is 0.0163. The molecule has 2 aliphatic heterocycles. The van der Waals surface area contributed by atoms with Crippen molar-refractivity contribution in [3.63, 3.8) is 0 Å². The molecule has 2 rings (SSSR count). The summed E-state index contributed by atoms with van der Waals surface area (Å²) >= 11 is 4.33. The Bertz CT molecular complexity index is 222. The summed E-state index contributed by atoms with van der Waals surface area (Å²) < 4.78 is 0. The molecule has 2 unspecified atom stereocenters. The molecule has 82 valence electrons. The van der Waals surface area contributed by atoms with E-state index in [4.69, 9.17) is 0 Å². The monoisotopic (exact) mass is 216 g/mol. The zero-order chi connectivity index (χ0) is 10.3. The minimum absolute atomic E-state index is 0.0535. The number of thiol groups is 1. The first-order valence-electron chi connectivity index (χ1n) is 5.31. The van der Waals surface area contributed by atoms with Crippen LogP contribution in [-0.2, 0) is 0 Å². The van der Waals surface area contributed by atoms with Gasteiger partial charge in [-0.1, -0.05) is 0 Å². The molecule has 0 amide bonds. The molecule has 0 aromatic rings. The summed E-state index contributed by atoms with van der Waals surface area (Å²) in [5.74, 6) is 0.870. The minimum Gasteiger partial charge on any atom is -0.394 e. The first kappa shape index (κ1) is 10.7. The third-order valence-electron chi connectivity index (χ3n) is 3.70. The van der Waals surface area contributed by atoms with Crippen LogP contribution in [0.15, 0.2) is 0 Å². The Hall–Kier alpha value is 0.230. The zero-order valence-electron chi connectivity index (χ0n) is 8.98. The van der Waals surface area contributed by atoms with Gasteiger partial charge in [0.05, 0.1) is 6.61 Å². The van der Waals surface area contributed by atoms with E-state index in [0.29, 0.717) is 12.1 Å². The summed E-state index contributed by atoms with van der Waals surface area (Å²) in [7, 11) is 0. The SMILES string of the molecule is CC(C)(CO)N1CC2CC1CN2CS. The number of likely N-dealkylation sites (tertiary alicyclic amines) is 2. The second kappa shape index (κ2) is 3.67. The third-order valence-corrected chi connectivity index (χ3v) is 4.06. The number of fused-ring (bicyclic) bond motifs is 2. The second-order valence-electron chi connectivity index (χ2n) is 5.08. The summed E-state index contributed by atoms with van der Waals surface area (Å²) in [4.78, 5) is 4.88. The van der Waals surface area contributed by atoms with Gasteiger partial charge in [-0.25, -0.2) is 0 Å². The van der Waals surface area contributed by atoms with Crippen molar-refractivity contribution >= 4 is 12.6 Å². The lowest BCUT2D eigenvalue weighted by Gasteiger charge is -2.42. The molecule has 0 saturated carbocycles. The van der Waals surface area contributed by atoms with E-state index in [1.54, 1.807) is 0 Å². The van der Waals surface area contributed by atoms with Crippen molar-refractivity contribution < 1.29 is 5.11 Å². The molecule has 2 atom stereocenters. The highest BCUT2D eigenvalue weighted by molar-refractivity contribution is 7.80. The fourth-order valence-corrected chi connectivity index (χ4v) is 3.10. The predicted octanol–water partition coefficient (Wildman–Crippen LogP) is 0.403. The van der Waals surface area contributed by atoms with Gasteiger partial charge in [0.1, 0.15) is 0 Å². The lowest BCUT2D eigenvalue weighted by Crippen LogP contribution is -2.56. The molecule has 0 aliphatic carbocycles. The van der Waals surface area contributed by atoms with E-state index in [1.807, 2.05) is 0 Å². The van der Waals surface area contributed by atoms with E-state index in [2.05, 4.69) is 36.3 Å². The van der Waals surface area contributed by atoms with Crippen LogP contribution in [0.1, 0.15) is 20.3 Å². The molecule has 14 heavy (non-hydrogen) atoms. The maximum absolute atomic E-state index is 9.34. The number of rotatable bonds is 3. The number of nitrogens with zero attached hydrogens (tertiary/aromatic N) is 2. The first-order chi connectivity index (χ1) is 6.58. The average molecular weight is 216 g/mol. The van der Waals surface area contributed by atoms with Crippen LogP contribution in [-0.4, -0.2) is 58.1 Å². The first-order valence-corrected chi connectivity index (χ1v) is 5.94. The summed E-state index contributed by atoms with van der Waals surface area (Å²) in [6.07, 6.45) is 1.25. The minimum atomic E-state index is -0.0535. The number of piperazine rings is 1. The van der Waals surface area contributed by atoms with Gasteiger partial charge in [-0.05, 0) is 20.3 Å². The molecule has 0 radical (unpaired) electrons. The highest BCUT2D eigenvalue weighted by Crippen LogP contribution is 2.35. The van der Waals surface area contributed by atoms with Gasteiger partial charge >= 0.3 is 0 Å². The maximum atomic E-state index is 9.34. The Morgan fingerprint density at radius 1 is 1.36 bits per heavy atom.